The standard InChI is InChI=1S/C18H22N4O/c1-13-15-6-4-5-7-16(15)23-17(13)11-21-18(19-2)20-10-14-8-9-22(3)12-14/h4-9,12H,10-11H2,1-3H3,(H2,19,20,21). The van der Waals surface area contributed by atoms with Gasteiger partial charge in [0.05, 0.1) is 6.54 Å². The number of aromatic nitrogens is 1. The number of aliphatic imine (C=N–C) groups is 1. The van der Waals surface area contributed by atoms with E-state index >= 15 is 0 Å². The van der Waals surface area contributed by atoms with Gasteiger partial charge in [-0.2, -0.15) is 0 Å². The Kier molecular flexibility index (Phi) is 4.37. The van der Waals surface area contributed by atoms with Crippen LogP contribution in [0.2, 0.25) is 0 Å². The van der Waals surface area contributed by atoms with Gasteiger partial charge in [0.25, 0.3) is 0 Å². The number of benzene rings is 1. The van der Waals surface area contributed by atoms with E-state index in [-0.39, 0.29) is 0 Å². The summed E-state index contributed by atoms with van der Waals surface area (Å²) in [4.78, 5) is 4.25. The van der Waals surface area contributed by atoms with E-state index in [1.165, 1.54) is 11.1 Å². The minimum atomic E-state index is 0.606. The number of guanidine groups is 1. The molecule has 3 aromatic rings. The Morgan fingerprint density at radius 1 is 1.17 bits per heavy atom. The van der Waals surface area contributed by atoms with E-state index in [4.69, 9.17) is 4.42 Å². The molecule has 0 saturated carbocycles. The summed E-state index contributed by atoms with van der Waals surface area (Å²) < 4.78 is 7.94. The second-order valence-corrected chi connectivity index (χ2v) is 5.61. The molecule has 2 aromatic heterocycles. The Bertz CT molecular complexity index is 829. The summed E-state index contributed by atoms with van der Waals surface area (Å²) in [5.74, 6) is 1.70. The first-order valence-corrected chi connectivity index (χ1v) is 7.69. The smallest absolute Gasteiger partial charge is 0.191 e. The van der Waals surface area contributed by atoms with E-state index in [0.29, 0.717) is 6.54 Å². The van der Waals surface area contributed by atoms with Crippen molar-refractivity contribution in [2.45, 2.75) is 20.0 Å². The Labute approximate surface area is 136 Å². The summed E-state index contributed by atoms with van der Waals surface area (Å²) in [6.45, 7) is 3.43. The number of para-hydroxylation sites is 1. The Hall–Kier alpha value is -2.69. The lowest BCUT2D eigenvalue weighted by Crippen LogP contribution is -2.36. The number of rotatable bonds is 4. The number of nitrogens with zero attached hydrogens (tertiary/aromatic N) is 2. The molecule has 0 bridgehead atoms. The molecule has 0 atom stereocenters. The van der Waals surface area contributed by atoms with Crippen molar-refractivity contribution in [1.82, 2.24) is 15.2 Å². The van der Waals surface area contributed by atoms with Crippen molar-refractivity contribution in [1.29, 1.82) is 0 Å². The number of hydrogen-bond donors (Lipinski definition) is 2. The van der Waals surface area contributed by atoms with Crippen LogP contribution in [-0.2, 0) is 20.1 Å². The number of nitrogens with one attached hydrogen (secondary N) is 2. The van der Waals surface area contributed by atoms with Crippen LogP contribution in [-0.4, -0.2) is 17.6 Å². The normalized spacial score (nSPS) is 11.9. The molecule has 0 amide bonds. The number of furan rings is 1. The van der Waals surface area contributed by atoms with Crippen molar-refractivity contribution in [3.8, 4) is 0 Å². The predicted molar refractivity (Wildman–Crippen MR) is 93.4 cm³/mol. The van der Waals surface area contributed by atoms with Crippen LogP contribution in [0.5, 0.6) is 0 Å². The zero-order valence-electron chi connectivity index (χ0n) is 13.8. The molecule has 0 aliphatic rings. The molecule has 0 radical (unpaired) electrons. The number of hydrogen-bond acceptors (Lipinski definition) is 2. The highest BCUT2D eigenvalue weighted by atomic mass is 16.3. The highest BCUT2D eigenvalue weighted by Crippen LogP contribution is 2.24. The Morgan fingerprint density at radius 3 is 2.65 bits per heavy atom. The first-order valence-electron chi connectivity index (χ1n) is 7.69. The molecule has 0 saturated heterocycles. The molecule has 1 aromatic carbocycles. The summed E-state index contributed by atoms with van der Waals surface area (Å²) >= 11 is 0. The minimum absolute atomic E-state index is 0.606. The van der Waals surface area contributed by atoms with Gasteiger partial charge in [-0.15, -0.1) is 0 Å². The van der Waals surface area contributed by atoms with E-state index < -0.39 is 0 Å². The molecule has 0 unspecified atom stereocenters. The quantitative estimate of drug-likeness (QED) is 0.575. The van der Waals surface area contributed by atoms with Crippen LogP contribution in [0.15, 0.2) is 52.1 Å². The fraction of sp³-hybridized carbons (Fsp3) is 0.278. The largest absolute Gasteiger partial charge is 0.459 e. The lowest BCUT2D eigenvalue weighted by Gasteiger charge is -2.10. The van der Waals surface area contributed by atoms with Crippen LogP contribution >= 0.6 is 0 Å². The van der Waals surface area contributed by atoms with Gasteiger partial charge in [0.1, 0.15) is 11.3 Å². The molecule has 0 fully saturated rings. The second kappa shape index (κ2) is 6.60. The summed E-state index contributed by atoms with van der Waals surface area (Å²) in [7, 11) is 3.78. The minimum Gasteiger partial charge on any atom is -0.459 e. The van der Waals surface area contributed by atoms with E-state index in [0.717, 1.165) is 29.2 Å². The van der Waals surface area contributed by atoms with Gasteiger partial charge in [-0.25, -0.2) is 0 Å². The Balaban J connectivity index is 1.62. The molecular formula is C18H22N4O. The maximum atomic E-state index is 5.91. The van der Waals surface area contributed by atoms with Crippen LogP contribution < -0.4 is 10.6 Å². The zero-order chi connectivity index (χ0) is 16.2. The maximum absolute atomic E-state index is 5.91. The Morgan fingerprint density at radius 2 is 1.96 bits per heavy atom. The average molecular weight is 310 g/mol. The molecule has 23 heavy (non-hydrogen) atoms. The van der Waals surface area contributed by atoms with Gasteiger partial charge in [-0.05, 0) is 24.6 Å². The number of fused-ring (bicyclic) bond motifs is 1. The van der Waals surface area contributed by atoms with Gasteiger partial charge in [-0.3, -0.25) is 4.99 Å². The monoisotopic (exact) mass is 310 g/mol. The van der Waals surface area contributed by atoms with E-state index in [1.54, 1.807) is 7.05 Å². The van der Waals surface area contributed by atoms with Gasteiger partial charge in [0, 0.05) is 44.0 Å². The fourth-order valence-electron chi connectivity index (χ4n) is 2.63. The van der Waals surface area contributed by atoms with Crippen molar-refractivity contribution in [2.24, 2.45) is 12.0 Å². The average Bonchev–Trinajstić information content (AvgIpc) is 3.12. The van der Waals surface area contributed by atoms with Gasteiger partial charge in [-0.1, -0.05) is 18.2 Å². The molecule has 2 N–H and O–H groups in total. The van der Waals surface area contributed by atoms with Crippen molar-refractivity contribution in [3.05, 3.63) is 59.6 Å². The first-order chi connectivity index (χ1) is 11.2. The first kappa shape index (κ1) is 15.2. The number of aryl methyl sites for hydroxylation is 2. The third kappa shape index (κ3) is 3.39. The topological polar surface area (TPSA) is 54.5 Å². The van der Waals surface area contributed by atoms with E-state index in [1.807, 2.05) is 36.0 Å². The molecule has 2 heterocycles. The lowest BCUT2D eigenvalue weighted by atomic mass is 10.1. The SMILES string of the molecule is CN=C(NCc1ccn(C)c1)NCc1oc2ccccc2c1C. The van der Waals surface area contributed by atoms with Crippen molar-refractivity contribution < 1.29 is 4.42 Å². The zero-order valence-corrected chi connectivity index (χ0v) is 13.8. The molecule has 5 nitrogen and oxygen atoms in total. The van der Waals surface area contributed by atoms with Crippen molar-refractivity contribution >= 4 is 16.9 Å². The van der Waals surface area contributed by atoms with Gasteiger partial charge < -0.3 is 19.6 Å². The highest BCUT2D eigenvalue weighted by molar-refractivity contribution is 5.82. The van der Waals surface area contributed by atoms with Crippen LogP contribution in [0.4, 0.5) is 0 Å². The van der Waals surface area contributed by atoms with Crippen LogP contribution in [0, 0.1) is 6.92 Å². The van der Waals surface area contributed by atoms with Crippen LogP contribution in [0.25, 0.3) is 11.0 Å². The summed E-state index contributed by atoms with van der Waals surface area (Å²) in [6, 6.07) is 10.2. The summed E-state index contributed by atoms with van der Waals surface area (Å²) in [6.07, 6.45) is 4.12. The fourth-order valence-corrected chi connectivity index (χ4v) is 2.63. The van der Waals surface area contributed by atoms with Gasteiger partial charge in [0.15, 0.2) is 5.96 Å². The van der Waals surface area contributed by atoms with Crippen LogP contribution in [0.1, 0.15) is 16.9 Å². The molecule has 3 rings (SSSR count). The summed E-state index contributed by atoms with van der Waals surface area (Å²) in [5.41, 5.74) is 3.32. The highest BCUT2D eigenvalue weighted by Gasteiger charge is 2.10. The molecule has 0 aliphatic carbocycles. The molecule has 120 valence electrons. The predicted octanol–water partition coefficient (Wildman–Crippen LogP) is 2.94. The van der Waals surface area contributed by atoms with Gasteiger partial charge >= 0.3 is 0 Å². The summed E-state index contributed by atoms with van der Waals surface area (Å²) in [5, 5.41) is 7.77. The maximum Gasteiger partial charge on any atom is 0.191 e. The van der Waals surface area contributed by atoms with E-state index in [9.17, 15) is 0 Å². The lowest BCUT2D eigenvalue weighted by molar-refractivity contribution is 0.534. The second-order valence-electron chi connectivity index (χ2n) is 5.61. The third-order valence-corrected chi connectivity index (χ3v) is 3.94. The van der Waals surface area contributed by atoms with Gasteiger partial charge in [0.2, 0.25) is 0 Å². The van der Waals surface area contributed by atoms with Crippen molar-refractivity contribution in [2.75, 3.05) is 7.05 Å². The molecule has 0 spiro atoms. The molecule has 0 aliphatic heterocycles. The molecular weight excluding hydrogens is 288 g/mol. The van der Waals surface area contributed by atoms with Crippen LogP contribution in [0.3, 0.4) is 0 Å². The molecule has 5 heteroatoms. The van der Waals surface area contributed by atoms with E-state index in [2.05, 4.69) is 40.9 Å². The van der Waals surface area contributed by atoms with Crippen molar-refractivity contribution in [3.63, 3.8) is 0 Å². The third-order valence-electron chi connectivity index (χ3n) is 3.94.